The van der Waals surface area contributed by atoms with Gasteiger partial charge < -0.3 is 9.55 Å². The van der Waals surface area contributed by atoms with E-state index in [0.717, 1.165) is 37.0 Å². The average Bonchev–Trinajstić information content (AvgIpc) is 2.62. The summed E-state index contributed by atoms with van der Waals surface area (Å²) >= 11 is 5.26. The first-order valence-electron chi connectivity index (χ1n) is 6.58. The largest absolute Gasteiger partial charge is 0.416 e. The maximum atomic E-state index is 12.7. The normalized spacial score (nSPS) is 18.2. The number of hydrogen-bond acceptors (Lipinski definition) is 1. The molecule has 0 bridgehead atoms. The molecule has 1 aliphatic rings. The summed E-state index contributed by atoms with van der Waals surface area (Å²) in [6.45, 7) is 2.96. The van der Waals surface area contributed by atoms with E-state index in [1.165, 1.54) is 12.5 Å². The number of halogens is 3. The highest BCUT2D eigenvalue weighted by atomic mass is 32.1. The predicted molar refractivity (Wildman–Crippen MR) is 74.1 cm³/mol. The Hall–Kier alpha value is -1.30. The Morgan fingerprint density at radius 2 is 2.05 bits per heavy atom. The van der Waals surface area contributed by atoms with Crippen LogP contribution in [-0.2, 0) is 12.7 Å². The van der Waals surface area contributed by atoms with Crippen molar-refractivity contribution in [1.29, 1.82) is 0 Å². The van der Waals surface area contributed by atoms with Gasteiger partial charge in [0.15, 0.2) is 4.77 Å². The summed E-state index contributed by atoms with van der Waals surface area (Å²) in [6.07, 6.45) is -0.833. The number of H-pyrrole nitrogens is 1. The molecule has 1 fully saturated rings. The standard InChI is InChI=1S/C14H15F3N2S/c1-13(5-2-6-13)8-19-11-4-3-9(14(15,16)17)7-10(11)18-12(19)20/h3-4,7H,2,5-6,8H2,1H3,(H,18,20). The topological polar surface area (TPSA) is 20.7 Å². The van der Waals surface area contributed by atoms with E-state index in [4.69, 9.17) is 12.2 Å². The lowest BCUT2D eigenvalue weighted by Crippen LogP contribution is -2.30. The van der Waals surface area contributed by atoms with Crippen LogP contribution in [0.4, 0.5) is 13.2 Å². The van der Waals surface area contributed by atoms with E-state index in [2.05, 4.69) is 11.9 Å². The number of benzene rings is 1. The second-order valence-electron chi connectivity index (χ2n) is 5.91. The fourth-order valence-corrected chi connectivity index (χ4v) is 3.09. The maximum absolute atomic E-state index is 12.7. The van der Waals surface area contributed by atoms with Crippen LogP contribution < -0.4 is 0 Å². The summed E-state index contributed by atoms with van der Waals surface area (Å²) in [4.78, 5) is 2.89. The Labute approximate surface area is 119 Å². The number of imidazole rings is 1. The highest BCUT2D eigenvalue weighted by Crippen LogP contribution is 2.42. The van der Waals surface area contributed by atoms with Crippen molar-refractivity contribution in [2.75, 3.05) is 0 Å². The van der Waals surface area contributed by atoms with Gasteiger partial charge in [-0.05, 0) is 48.7 Å². The van der Waals surface area contributed by atoms with Crippen LogP contribution in [0.25, 0.3) is 11.0 Å². The Bertz CT molecular complexity index is 707. The fourth-order valence-electron chi connectivity index (χ4n) is 2.82. The summed E-state index contributed by atoms with van der Waals surface area (Å²) in [7, 11) is 0. The van der Waals surface area contributed by atoms with Crippen LogP contribution in [-0.4, -0.2) is 9.55 Å². The molecule has 1 aliphatic carbocycles. The maximum Gasteiger partial charge on any atom is 0.416 e. The van der Waals surface area contributed by atoms with Gasteiger partial charge in [0.25, 0.3) is 0 Å². The fraction of sp³-hybridized carbons (Fsp3) is 0.500. The predicted octanol–water partition coefficient (Wildman–Crippen LogP) is 4.91. The molecule has 0 saturated heterocycles. The van der Waals surface area contributed by atoms with E-state index in [9.17, 15) is 13.2 Å². The molecule has 0 aliphatic heterocycles. The SMILES string of the molecule is CC1(Cn2c(=S)[nH]c3cc(C(F)(F)F)ccc32)CCC1. The van der Waals surface area contributed by atoms with Gasteiger partial charge >= 0.3 is 6.18 Å². The summed E-state index contributed by atoms with van der Waals surface area (Å²) in [5, 5.41) is 0. The van der Waals surface area contributed by atoms with Crippen LogP contribution in [0.15, 0.2) is 18.2 Å². The second kappa shape index (κ2) is 4.35. The third-order valence-electron chi connectivity index (χ3n) is 4.20. The van der Waals surface area contributed by atoms with Crippen molar-refractivity contribution in [3.05, 3.63) is 28.5 Å². The van der Waals surface area contributed by atoms with Gasteiger partial charge in [0.2, 0.25) is 0 Å². The molecular formula is C14H15F3N2S. The van der Waals surface area contributed by atoms with Gasteiger partial charge in [-0.15, -0.1) is 0 Å². The Kier molecular flexibility index (Phi) is 2.97. The highest BCUT2D eigenvalue weighted by Gasteiger charge is 2.33. The zero-order chi connectivity index (χ0) is 14.5. The number of alkyl halides is 3. The smallest absolute Gasteiger partial charge is 0.331 e. The number of rotatable bonds is 2. The number of hydrogen-bond donors (Lipinski definition) is 1. The van der Waals surface area contributed by atoms with E-state index in [1.54, 1.807) is 0 Å². The number of aromatic nitrogens is 2. The lowest BCUT2D eigenvalue weighted by molar-refractivity contribution is -0.137. The first-order chi connectivity index (χ1) is 9.28. The van der Waals surface area contributed by atoms with Crippen LogP contribution in [0.1, 0.15) is 31.7 Å². The van der Waals surface area contributed by atoms with Crippen LogP contribution >= 0.6 is 12.2 Å². The van der Waals surface area contributed by atoms with E-state index in [0.29, 0.717) is 10.3 Å². The third-order valence-corrected chi connectivity index (χ3v) is 4.52. The van der Waals surface area contributed by atoms with Crippen molar-refractivity contribution in [1.82, 2.24) is 9.55 Å². The molecule has 20 heavy (non-hydrogen) atoms. The van der Waals surface area contributed by atoms with E-state index >= 15 is 0 Å². The third kappa shape index (κ3) is 2.26. The molecule has 1 heterocycles. The van der Waals surface area contributed by atoms with Gasteiger partial charge in [0, 0.05) is 6.54 Å². The van der Waals surface area contributed by atoms with E-state index < -0.39 is 11.7 Å². The molecule has 108 valence electrons. The summed E-state index contributed by atoms with van der Waals surface area (Å²) in [5.41, 5.74) is 0.767. The number of nitrogens with one attached hydrogen (secondary N) is 1. The van der Waals surface area contributed by atoms with Gasteiger partial charge in [-0.2, -0.15) is 13.2 Å². The van der Waals surface area contributed by atoms with Gasteiger partial charge in [0.05, 0.1) is 16.6 Å². The van der Waals surface area contributed by atoms with Crippen LogP contribution in [0, 0.1) is 10.2 Å². The monoisotopic (exact) mass is 300 g/mol. The number of nitrogens with zero attached hydrogens (tertiary/aromatic N) is 1. The van der Waals surface area contributed by atoms with Crippen molar-refractivity contribution in [2.45, 2.75) is 38.9 Å². The molecule has 2 aromatic rings. The Morgan fingerprint density at radius 1 is 1.35 bits per heavy atom. The second-order valence-corrected chi connectivity index (χ2v) is 6.30. The quantitative estimate of drug-likeness (QED) is 0.782. The lowest BCUT2D eigenvalue weighted by atomic mass is 9.70. The zero-order valence-corrected chi connectivity index (χ0v) is 11.9. The summed E-state index contributed by atoms with van der Waals surface area (Å²) < 4.78 is 40.5. The van der Waals surface area contributed by atoms with Gasteiger partial charge in [-0.3, -0.25) is 0 Å². The minimum Gasteiger partial charge on any atom is -0.331 e. The Morgan fingerprint density at radius 3 is 2.60 bits per heavy atom. The molecule has 0 radical (unpaired) electrons. The minimum absolute atomic E-state index is 0.218. The van der Waals surface area contributed by atoms with Crippen molar-refractivity contribution >= 4 is 23.3 Å². The number of aromatic amines is 1. The average molecular weight is 300 g/mol. The lowest BCUT2D eigenvalue weighted by Gasteiger charge is -2.38. The Balaban J connectivity index is 2.06. The molecule has 1 saturated carbocycles. The van der Waals surface area contributed by atoms with Crippen molar-refractivity contribution in [2.24, 2.45) is 5.41 Å². The van der Waals surface area contributed by atoms with Crippen LogP contribution in [0.3, 0.4) is 0 Å². The molecular weight excluding hydrogens is 285 g/mol. The molecule has 6 heteroatoms. The molecule has 3 rings (SSSR count). The van der Waals surface area contributed by atoms with Gasteiger partial charge in [-0.1, -0.05) is 13.3 Å². The molecule has 0 unspecified atom stereocenters. The van der Waals surface area contributed by atoms with Crippen LogP contribution in [0.5, 0.6) is 0 Å². The molecule has 0 amide bonds. The highest BCUT2D eigenvalue weighted by molar-refractivity contribution is 7.71. The van der Waals surface area contributed by atoms with E-state index in [-0.39, 0.29) is 5.41 Å². The molecule has 1 aromatic heterocycles. The summed E-state index contributed by atoms with van der Waals surface area (Å²) in [6, 6.07) is 3.75. The minimum atomic E-state index is -4.33. The van der Waals surface area contributed by atoms with Crippen molar-refractivity contribution < 1.29 is 13.2 Å². The van der Waals surface area contributed by atoms with E-state index in [1.807, 2.05) is 4.57 Å². The molecule has 1 N–H and O–H groups in total. The molecule has 0 atom stereocenters. The number of fused-ring (bicyclic) bond motifs is 1. The van der Waals surface area contributed by atoms with Gasteiger partial charge in [0.1, 0.15) is 0 Å². The molecule has 0 spiro atoms. The summed E-state index contributed by atoms with van der Waals surface area (Å²) in [5.74, 6) is 0. The van der Waals surface area contributed by atoms with Gasteiger partial charge in [-0.25, -0.2) is 0 Å². The first kappa shape index (κ1) is 13.7. The van der Waals surface area contributed by atoms with Crippen LogP contribution in [0.2, 0.25) is 0 Å². The zero-order valence-electron chi connectivity index (χ0n) is 11.0. The van der Waals surface area contributed by atoms with Crippen molar-refractivity contribution in [3.63, 3.8) is 0 Å². The molecule has 2 nitrogen and oxygen atoms in total. The first-order valence-corrected chi connectivity index (χ1v) is 6.99. The van der Waals surface area contributed by atoms with Crippen molar-refractivity contribution in [3.8, 4) is 0 Å². The molecule has 1 aromatic carbocycles.